The molecule has 0 radical (unpaired) electrons. The van der Waals surface area contributed by atoms with Gasteiger partial charge in [0.25, 0.3) is 11.5 Å². The Morgan fingerprint density at radius 1 is 1.13 bits per heavy atom. The van der Waals surface area contributed by atoms with Gasteiger partial charge in [0.15, 0.2) is 0 Å². The summed E-state index contributed by atoms with van der Waals surface area (Å²) in [6, 6.07) is 8.00. The smallest absolute Gasteiger partial charge is 0.352 e. The van der Waals surface area contributed by atoms with Gasteiger partial charge in [0.1, 0.15) is 10.2 Å². The van der Waals surface area contributed by atoms with E-state index in [0.717, 1.165) is 6.08 Å². The van der Waals surface area contributed by atoms with Crippen LogP contribution in [0.15, 0.2) is 50.1 Å². The minimum Gasteiger partial charge on any atom is -0.477 e. The van der Waals surface area contributed by atoms with Crippen molar-refractivity contribution in [1.29, 1.82) is 0 Å². The van der Waals surface area contributed by atoms with Gasteiger partial charge in [-0.3, -0.25) is 14.6 Å². The molecule has 1 aromatic heterocycles. The van der Waals surface area contributed by atoms with Gasteiger partial charge in [-0.05, 0) is 34.1 Å². The number of H-pyrrole nitrogens is 2. The molecule has 4 N–H and O–H groups in total. The van der Waals surface area contributed by atoms with Gasteiger partial charge in [0.05, 0.1) is 5.69 Å². The zero-order chi connectivity index (χ0) is 17.0. The summed E-state index contributed by atoms with van der Waals surface area (Å²) in [5.74, 6) is -2.06. The van der Waals surface area contributed by atoms with Crippen molar-refractivity contribution in [2.45, 2.75) is 0 Å². The first-order chi connectivity index (χ1) is 10.9. The minimum absolute atomic E-state index is 0.0650. The lowest BCUT2D eigenvalue weighted by Crippen LogP contribution is -2.28. The Labute approximate surface area is 137 Å². The molecule has 0 aliphatic rings. The highest BCUT2D eigenvalue weighted by Gasteiger charge is 2.15. The lowest BCUT2D eigenvalue weighted by Gasteiger charge is -2.06. The molecular weight excluding hydrogens is 370 g/mol. The van der Waals surface area contributed by atoms with Gasteiger partial charge in [-0.2, -0.15) is 0 Å². The number of benzene rings is 1. The molecule has 0 unspecified atom stereocenters. The Morgan fingerprint density at radius 3 is 2.39 bits per heavy atom. The number of amides is 1. The number of nitrogens with one attached hydrogen (secondary N) is 3. The zero-order valence-electron chi connectivity index (χ0n) is 11.4. The zero-order valence-corrected chi connectivity index (χ0v) is 13.0. The SMILES string of the molecule is O=C(O)C(=Cc1[nH]c(=O)[nH]c(=O)c1Br)NC(=O)c1ccccc1. The Hall–Kier alpha value is -2.94. The first-order valence-electron chi connectivity index (χ1n) is 6.22. The highest BCUT2D eigenvalue weighted by Crippen LogP contribution is 2.11. The monoisotopic (exact) mass is 379 g/mol. The number of hydrogen-bond acceptors (Lipinski definition) is 4. The Bertz CT molecular complexity index is 899. The fraction of sp³-hybridized carbons (Fsp3) is 0. The summed E-state index contributed by atoms with van der Waals surface area (Å²) in [5.41, 5.74) is -1.84. The number of aliphatic carboxylic acids is 1. The molecule has 2 rings (SSSR count). The molecule has 0 aliphatic carbocycles. The largest absolute Gasteiger partial charge is 0.477 e. The molecule has 118 valence electrons. The maximum Gasteiger partial charge on any atom is 0.352 e. The topological polar surface area (TPSA) is 132 Å². The van der Waals surface area contributed by atoms with Crippen LogP contribution in [0.2, 0.25) is 0 Å². The highest BCUT2D eigenvalue weighted by atomic mass is 79.9. The van der Waals surface area contributed by atoms with E-state index in [0.29, 0.717) is 0 Å². The molecule has 0 bridgehead atoms. The Morgan fingerprint density at radius 2 is 1.78 bits per heavy atom. The van der Waals surface area contributed by atoms with Gasteiger partial charge in [-0.15, -0.1) is 0 Å². The lowest BCUT2D eigenvalue weighted by atomic mass is 10.2. The fourth-order valence-corrected chi connectivity index (χ4v) is 1.98. The van der Waals surface area contributed by atoms with Gasteiger partial charge in [-0.25, -0.2) is 9.59 Å². The van der Waals surface area contributed by atoms with E-state index in [-0.39, 0.29) is 15.7 Å². The number of hydrogen-bond donors (Lipinski definition) is 4. The second-order valence-corrected chi connectivity index (χ2v) is 5.11. The molecule has 1 heterocycles. The van der Waals surface area contributed by atoms with Crippen molar-refractivity contribution in [3.8, 4) is 0 Å². The van der Waals surface area contributed by atoms with Crippen LogP contribution in [0.4, 0.5) is 0 Å². The molecule has 1 amide bonds. The first kappa shape index (κ1) is 16.4. The predicted molar refractivity (Wildman–Crippen MR) is 84.9 cm³/mol. The number of carboxylic acid groups (broad SMARTS) is 1. The maximum atomic E-state index is 12.0. The summed E-state index contributed by atoms with van der Waals surface area (Å²) in [6.07, 6.45) is 0.976. The quantitative estimate of drug-likeness (QED) is 0.580. The number of aromatic amines is 2. The number of rotatable bonds is 4. The van der Waals surface area contributed by atoms with E-state index in [9.17, 15) is 24.3 Å². The van der Waals surface area contributed by atoms with Crippen molar-refractivity contribution >= 4 is 33.9 Å². The van der Waals surface area contributed by atoms with Crippen molar-refractivity contribution in [2.24, 2.45) is 0 Å². The second kappa shape index (κ2) is 6.88. The normalized spacial score (nSPS) is 11.1. The van der Waals surface area contributed by atoms with Gasteiger partial charge in [0.2, 0.25) is 0 Å². The predicted octanol–water partition coefficient (Wildman–Crippen LogP) is 0.681. The van der Waals surface area contributed by atoms with Crippen LogP contribution in [0.1, 0.15) is 16.1 Å². The third-order valence-corrected chi connectivity index (χ3v) is 3.50. The number of carbonyl (C=O) groups is 2. The molecule has 9 heteroatoms. The minimum atomic E-state index is -1.43. The van der Waals surface area contributed by atoms with Crippen LogP contribution in [0.5, 0.6) is 0 Å². The summed E-state index contributed by atoms with van der Waals surface area (Å²) >= 11 is 2.94. The number of aromatic nitrogens is 2. The Balaban J connectivity index is 2.40. The van der Waals surface area contributed by atoms with E-state index in [1.807, 2.05) is 4.98 Å². The maximum absolute atomic E-state index is 12.0. The van der Waals surface area contributed by atoms with E-state index in [4.69, 9.17) is 0 Å². The van der Waals surface area contributed by atoms with Crippen molar-refractivity contribution < 1.29 is 14.7 Å². The molecule has 0 aliphatic heterocycles. The van der Waals surface area contributed by atoms with Crippen molar-refractivity contribution in [3.05, 3.63) is 72.6 Å². The molecule has 0 saturated heterocycles. The van der Waals surface area contributed by atoms with Crippen LogP contribution in [0.25, 0.3) is 6.08 Å². The van der Waals surface area contributed by atoms with E-state index >= 15 is 0 Å². The van der Waals surface area contributed by atoms with Crippen LogP contribution in [-0.4, -0.2) is 27.0 Å². The molecule has 0 fully saturated rings. The van der Waals surface area contributed by atoms with Crippen molar-refractivity contribution in [1.82, 2.24) is 15.3 Å². The third kappa shape index (κ3) is 4.04. The molecule has 23 heavy (non-hydrogen) atoms. The van der Waals surface area contributed by atoms with E-state index < -0.39 is 28.8 Å². The molecule has 2 aromatic rings. The van der Waals surface area contributed by atoms with E-state index in [2.05, 4.69) is 26.2 Å². The van der Waals surface area contributed by atoms with Crippen molar-refractivity contribution in [2.75, 3.05) is 0 Å². The molecule has 8 nitrogen and oxygen atoms in total. The van der Waals surface area contributed by atoms with E-state index in [1.165, 1.54) is 12.1 Å². The molecule has 0 spiro atoms. The van der Waals surface area contributed by atoms with Gasteiger partial charge < -0.3 is 15.4 Å². The van der Waals surface area contributed by atoms with Crippen LogP contribution >= 0.6 is 15.9 Å². The van der Waals surface area contributed by atoms with Gasteiger partial charge in [0, 0.05) is 5.56 Å². The summed E-state index contributed by atoms with van der Waals surface area (Å²) in [5, 5.41) is 11.4. The van der Waals surface area contributed by atoms with Gasteiger partial charge >= 0.3 is 11.7 Å². The average molecular weight is 380 g/mol. The van der Waals surface area contributed by atoms with Crippen LogP contribution < -0.4 is 16.6 Å². The summed E-state index contributed by atoms with van der Waals surface area (Å²) in [4.78, 5) is 50.2. The lowest BCUT2D eigenvalue weighted by molar-refractivity contribution is -0.132. The first-order valence-corrected chi connectivity index (χ1v) is 7.01. The fourth-order valence-electron chi connectivity index (χ4n) is 1.67. The summed E-state index contributed by atoms with van der Waals surface area (Å²) in [6.45, 7) is 0. The van der Waals surface area contributed by atoms with Crippen LogP contribution in [-0.2, 0) is 4.79 Å². The third-order valence-electron chi connectivity index (χ3n) is 2.71. The summed E-state index contributed by atoms with van der Waals surface area (Å²) in [7, 11) is 0. The molecule has 1 aromatic carbocycles. The number of halogens is 1. The average Bonchev–Trinajstić information content (AvgIpc) is 2.52. The van der Waals surface area contributed by atoms with Crippen molar-refractivity contribution in [3.63, 3.8) is 0 Å². The van der Waals surface area contributed by atoms with E-state index in [1.54, 1.807) is 18.2 Å². The highest BCUT2D eigenvalue weighted by molar-refractivity contribution is 9.10. The van der Waals surface area contributed by atoms with Gasteiger partial charge in [-0.1, -0.05) is 18.2 Å². The number of carboxylic acids is 1. The van der Waals surface area contributed by atoms with Crippen LogP contribution in [0.3, 0.4) is 0 Å². The van der Waals surface area contributed by atoms with Crippen LogP contribution in [0, 0.1) is 0 Å². The molecule has 0 atom stereocenters. The standard InChI is InChI=1S/C14H10BrN3O5/c15-10-8(17-14(23)18-12(10)20)6-9(13(21)22)16-11(19)7-4-2-1-3-5-7/h1-6H,(H,16,19)(H,21,22)(H2,17,18,20,23). The molecular formula is C14H10BrN3O5. The second-order valence-electron chi connectivity index (χ2n) is 4.32. The number of carbonyl (C=O) groups excluding carboxylic acids is 1. The summed E-state index contributed by atoms with van der Waals surface area (Å²) < 4.78 is -0.0650. The Kier molecular flexibility index (Phi) is 4.91. The molecule has 0 saturated carbocycles.